The number of rotatable bonds is 34. The van der Waals surface area contributed by atoms with Gasteiger partial charge in [0.15, 0.2) is 18.1 Å². The van der Waals surface area contributed by atoms with Gasteiger partial charge in [0.2, 0.25) is 0 Å². The van der Waals surface area contributed by atoms with Gasteiger partial charge in [-0.25, -0.2) is 4.57 Å². The second-order valence-electron chi connectivity index (χ2n) is 16.7. The lowest BCUT2D eigenvalue weighted by molar-refractivity contribution is -0.697. The summed E-state index contributed by atoms with van der Waals surface area (Å²) in [7, 11) is 0. The van der Waals surface area contributed by atoms with E-state index in [4.69, 9.17) is 25.8 Å². The van der Waals surface area contributed by atoms with Crippen LogP contribution in [0.1, 0.15) is 146 Å². The standard InChI is InChI=1S/C51H72ClN6O4.ClH/c1-43(59)62-51-47(39-48(52)46-29-21-31-54-50(46)51)49-42-58(56-55-49)34-17-13-9-5-7-11-15-19-36-61-38-24-28-45-26-22-33-57(41-45)32-16-12-8-4-2-3-6-10-14-18-35-60-37-23-27-44-25-20-30-53-40-44;/h20-22,25-26,29-31,33,39-42H,2-19,23-24,27-28,32,34-38H2,1H3;1H/q+1;/p-1. The third-order valence-corrected chi connectivity index (χ3v) is 11.7. The highest BCUT2D eigenvalue weighted by Crippen LogP contribution is 2.39. The Morgan fingerprint density at radius 1 is 0.698 bits per heavy atom. The minimum Gasteiger partial charge on any atom is -1.00 e. The van der Waals surface area contributed by atoms with E-state index in [1.165, 1.54) is 114 Å². The minimum absolute atomic E-state index is 0. The molecule has 0 spiro atoms. The number of unbranched alkanes of at least 4 members (excludes halogenated alkanes) is 16. The van der Waals surface area contributed by atoms with E-state index >= 15 is 0 Å². The number of ether oxygens (including phenoxy) is 3. The SMILES string of the molecule is CC(=O)Oc1c(-c2cn(CCCCCCCCCCOCCCc3ccc[n+](CCCCCCCCCCCCOCCCc4cccnc4)c3)nn2)cc(Cl)c2cccnc12.[Cl-]. The van der Waals surface area contributed by atoms with Gasteiger partial charge in [-0.05, 0) is 87.3 Å². The first kappa shape index (κ1) is 51.7. The maximum absolute atomic E-state index is 11.9. The molecule has 0 N–H and O–H groups in total. The number of aryl methyl sites for hydroxylation is 4. The van der Waals surface area contributed by atoms with Gasteiger partial charge in [0.1, 0.15) is 17.8 Å². The van der Waals surface area contributed by atoms with E-state index in [2.05, 4.69) is 55.4 Å². The van der Waals surface area contributed by atoms with Crippen LogP contribution in [-0.4, -0.2) is 57.4 Å². The molecule has 1 aromatic carbocycles. The topological polar surface area (TPSA) is 105 Å². The fraction of sp³-hybridized carbons (Fsp3) is 0.569. The largest absolute Gasteiger partial charge is 1.00 e. The van der Waals surface area contributed by atoms with Gasteiger partial charge in [-0.3, -0.25) is 19.4 Å². The van der Waals surface area contributed by atoms with Crippen LogP contribution in [-0.2, 0) is 40.2 Å². The number of carbonyl (C=O) groups excluding carboxylic acids is 1. The molecule has 0 amide bonds. The van der Waals surface area contributed by atoms with Gasteiger partial charge in [-0.2, -0.15) is 0 Å². The Balaban J connectivity index is 0.00000871. The molecule has 0 aliphatic heterocycles. The molecule has 0 saturated heterocycles. The zero-order valence-electron chi connectivity index (χ0n) is 37.9. The van der Waals surface area contributed by atoms with Crippen molar-refractivity contribution in [3.8, 4) is 17.0 Å². The van der Waals surface area contributed by atoms with Crippen molar-refractivity contribution in [2.24, 2.45) is 0 Å². The van der Waals surface area contributed by atoms with E-state index in [1.54, 1.807) is 18.3 Å². The number of hydrogen-bond acceptors (Lipinski definition) is 8. The van der Waals surface area contributed by atoms with Crippen LogP contribution >= 0.6 is 11.6 Å². The lowest BCUT2D eigenvalue weighted by Crippen LogP contribution is -3.00. The van der Waals surface area contributed by atoms with Crippen molar-refractivity contribution in [2.75, 3.05) is 26.4 Å². The molecule has 0 saturated carbocycles. The molecule has 0 aliphatic rings. The predicted molar refractivity (Wildman–Crippen MR) is 249 cm³/mol. The molecule has 0 radical (unpaired) electrons. The Kier molecular flexibility index (Phi) is 26.1. The maximum Gasteiger partial charge on any atom is 0.308 e. The van der Waals surface area contributed by atoms with E-state index in [-0.39, 0.29) is 12.4 Å². The number of halogens is 2. The Morgan fingerprint density at radius 3 is 1.94 bits per heavy atom. The van der Waals surface area contributed by atoms with Gasteiger partial charge in [0.05, 0.1) is 16.8 Å². The van der Waals surface area contributed by atoms with Crippen LogP contribution in [0.2, 0.25) is 5.02 Å². The highest BCUT2D eigenvalue weighted by atomic mass is 35.5. The summed E-state index contributed by atoms with van der Waals surface area (Å²) in [6.45, 7) is 6.73. The summed E-state index contributed by atoms with van der Waals surface area (Å²) in [6.07, 6.45) is 38.9. The molecule has 0 aliphatic carbocycles. The third kappa shape index (κ3) is 20.6. The summed E-state index contributed by atoms with van der Waals surface area (Å²) >= 11 is 6.55. The summed E-state index contributed by atoms with van der Waals surface area (Å²) in [4.78, 5) is 20.5. The molecular formula is C51H72Cl2N6O4. The highest BCUT2D eigenvalue weighted by molar-refractivity contribution is 6.36. The van der Waals surface area contributed by atoms with Gasteiger partial charge in [-0.1, -0.05) is 106 Å². The molecule has 0 atom stereocenters. The van der Waals surface area contributed by atoms with Crippen molar-refractivity contribution >= 4 is 28.5 Å². The van der Waals surface area contributed by atoms with Crippen LogP contribution in [0.3, 0.4) is 0 Å². The van der Waals surface area contributed by atoms with Gasteiger partial charge in [0, 0.05) is 81.9 Å². The zero-order valence-corrected chi connectivity index (χ0v) is 39.4. The average Bonchev–Trinajstić information content (AvgIpc) is 3.76. The molecule has 63 heavy (non-hydrogen) atoms. The number of nitrogens with zero attached hydrogens (tertiary/aromatic N) is 6. The average molecular weight is 904 g/mol. The monoisotopic (exact) mass is 902 g/mol. The van der Waals surface area contributed by atoms with Crippen molar-refractivity contribution in [2.45, 2.75) is 161 Å². The lowest BCUT2D eigenvalue weighted by atomic mass is 10.1. The van der Waals surface area contributed by atoms with Gasteiger partial charge in [0.25, 0.3) is 0 Å². The molecule has 12 heteroatoms. The number of esters is 1. The summed E-state index contributed by atoms with van der Waals surface area (Å²) in [6, 6.07) is 14.0. The van der Waals surface area contributed by atoms with Gasteiger partial charge in [-0.15, -0.1) is 5.10 Å². The fourth-order valence-corrected chi connectivity index (χ4v) is 8.23. The number of carbonyl (C=O) groups is 1. The molecule has 4 aromatic heterocycles. The predicted octanol–water partition coefficient (Wildman–Crippen LogP) is 9.08. The van der Waals surface area contributed by atoms with E-state index in [0.29, 0.717) is 27.5 Å². The number of hydrogen-bond donors (Lipinski definition) is 0. The van der Waals surface area contributed by atoms with Gasteiger partial charge >= 0.3 is 5.97 Å². The number of pyridine rings is 3. The van der Waals surface area contributed by atoms with Crippen molar-refractivity contribution < 1.29 is 36.0 Å². The summed E-state index contributed by atoms with van der Waals surface area (Å²) in [5.74, 6) is -0.0699. The summed E-state index contributed by atoms with van der Waals surface area (Å²) < 4.78 is 21.6. The quantitative estimate of drug-likeness (QED) is 0.0174. The number of aromatic nitrogens is 6. The Labute approximate surface area is 388 Å². The molecule has 5 rings (SSSR count). The Hall–Kier alpha value is -3.96. The number of benzene rings is 1. The molecule has 0 unspecified atom stereocenters. The first-order valence-electron chi connectivity index (χ1n) is 23.8. The molecule has 5 aromatic rings. The molecule has 0 bridgehead atoms. The van der Waals surface area contributed by atoms with Crippen molar-refractivity contribution in [3.05, 3.63) is 95.8 Å². The van der Waals surface area contributed by atoms with Crippen LogP contribution in [0.25, 0.3) is 22.2 Å². The van der Waals surface area contributed by atoms with Crippen LogP contribution in [0, 0.1) is 0 Å². The normalized spacial score (nSPS) is 11.3. The van der Waals surface area contributed by atoms with Crippen LogP contribution in [0.4, 0.5) is 0 Å². The summed E-state index contributed by atoms with van der Waals surface area (Å²) in [5, 5.41) is 9.92. The molecule has 0 fully saturated rings. The van der Waals surface area contributed by atoms with Crippen molar-refractivity contribution in [1.82, 2.24) is 25.0 Å². The first-order valence-corrected chi connectivity index (χ1v) is 24.1. The molecule has 4 heterocycles. The molecular weight excluding hydrogens is 832 g/mol. The van der Waals surface area contributed by atoms with E-state index in [1.807, 2.05) is 35.4 Å². The van der Waals surface area contributed by atoms with E-state index in [9.17, 15) is 4.79 Å². The maximum atomic E-state index is 11.9. The Bertz CT molecular complexity index is 1980. The first-order chi connectivity index (χ1) is 30.6. The second-order valence-corrected chi connectivity index (χ2v) is 17.1. The fourth-order valence-electron chi connectivity index (χ4n) is 7.97. The van der Waals surface area contributed by atoms with E-state index < -0.39 is 5.97 Å². The Morgan fingerprint density at radius 2 is 1.29 bits per heavy atom. The molecule has 344 valence electrons. The second kappa shape index (κ2) is 31.8. The van der Waals surface area contributed by atoms with E-state index in [0.717, 1.165) is 89.8 Å². The lowest BCUT2D eigenvalue weighted by Gasteiger charge is -2.11. The smallest absolute Gasteiger partial charge is 0.308 e. The highest BCUT2D eigenvalue weighted by Gasteiger charge is 2.19. The van der Waals surface area contributed by atoms with Crippen molar-refractivity contribution in [3.63, 3.8) is 0 Å². The third-order valence-electron chi connectivity index (χ3n) is 11.4. The van der Waals surface area contributed by atoms with Crippen LogP contribution < -0.4 is 21.7 Å². The van der Waals surface area contributed by atoms with Crippen LogP contribution in [0.15, 0.2) is 79.6 Å². The summed E-state index contributed by atoms with van der Waals surface area (Å²) in [5.41, 5.74) is 4.45. The van der Waals surface area contributed by atoms with Gasteiger partial charge < -0.3 is 26.6 Å². The molecule has 10 nitrogen and oxygen atoms in total. The minimum atomic E-state index is -0.425. The number of fused-ring (bicyclic) bond motifs is 1. The van der Waals surface area contributed by atoms with Crippen LogP contribution in [0.5, 0.6) is 5.75 Å². The van der Waals surface area contributed by atoms with Crippen molar-refractivity contribution in [1.29, 1.82) is 0 Å². The zero-order chi connectivity index (χ0) is 43.3.